The number of carbonyl (C=O) groups is 1. The van der Waals surface area contributed by atoms with Crippen LogP contribution in [0.25, 0.3) is 0 Å². The molecule has 0 aliphatic carbocycles. The maximum Gasteiger partial charge on any atom is 0.317 e. The van der Waals surface area contributed by atoms with Crippen LogP contribution in [0.4, 0.5) is 4.79 Å². The molecule has 1 aromatic carbocycles. The van der Waals surface area contributed by atoms with Crippen molar-refractivity contribution in [3.05, 3.63) is 54.0 Å². The third-order valence-corrected chi connectivity index (χ3v) is 4.92. The van der Waals surface area contributed by atoms with Crippen molar-refractivity contribution in [1.82, 2.24) is 15.1 Å². The fourth-order valence-corrected chi connectivity index (χ4v) is 3.40. The predicted octanol–water partition coefficient (Wildman–Crippen LogP) is 1.81. The molecule has 0 saturated carbocycles. The maximum atomic E-state index is 12.5. The number of aromatic hydroxyl groups is 1. The number of carbonyl (C=O) groups excluding carboxylic acids is 1. The molecular weight excluding hydrogens is 346 g/mol. The van der Waals surface area contributed by atoms with E-state index in [2.05, 4.69) is 10.2 Å². The normalized spacial score (nSPS) is 17.8. The number of phenolic OH excluding ortho intramolecular Hbond substituents is 1. The summed E-state index contributed by atoms with van der Waals surface area (Å²) in [5.41, 5.74) is 1.06. The van der Waals surface area contributed by atoms with Crippen LogP contribution in [0.1, 0.15) is 17.7 Å². The molecule has 0 unspecified atom stereocenters. The third kappa shape index (κ3) is 5.48. The molecule has 2 aromatic rings. The molecular formula is C20H27N3O4. The van der Waals surface area contributed by atoms with Crippen molar-refractivity contribution >= 4 is 6.03 Å². The average molecular weight is 373 g/mol. The minimum atomic E-state index is -0.0747. The number of nitrogens with zero attached hydrogens (tertiary/aromatic N) is 2. The number of furan rings is 1. The van der Waals surface area contributed by atoms with Gasteiger partial charge < -0.3 is 24.8 Å². The second-order valence-corrected chi connectivity index (χ2v) is 6.81. The molecule has 3 N–H and O–H groups in total. The number of aliphatic hydroxyl groups excluding tert-OH is 1. The van der Waals surface area contributed by atoms with E-state index in [1.807, 2.05) is 29.2 Å². The number of hydrogen-bond acceptors (Lipinski definition) is 5. The zero-order valence-corrected chi connectivity index (χ0v) is 15.4. The topological polar surface area (TPSA) is 89.2 Å². The molecule has 1 saturated heterocycles. The summed E-state index contributed by atoms with van der Waals surface area (Å²) in [6.45, 7) is 3.31. The summed E-state index contributed by atoms with van der Waals surface area (Å²) in [6, 6.07) is 10.8. The Balaban J connectivity index is 1.48. The molecule has 1 aliphatic heterocycles. The van der Waals surface area contributed by atoms with Crippen LogP contribution in [0.2, 0.25) is 0 Å². The number of rotatable bonds is 7. The standard InChI is InChI=1S/C20H27N3O4/c24-12-8-17-14-23(11-10-22(17)15-19-2-1-13-27-19)20(26)21-9-7-16-3-5-18(25)6-4-16/h1-6,13,17,24-25H,7-12,14-15H2,(H,21,26)/t17-/m1/s1. The molecule has 146 valence electrons. The summed E-state index contributed by atoms with van der Waals surface area (Å²) in [4.78, 5) is 16.6. The molecule has 1 fully saturated rings. The number of phenols is 1. The SMILES string of the molecule is O=C(NCCc1ccc(O)cc1)N1CCN(Cc2ccco2)[C@H](CCO)C1. The summed E-state index contributed by atoms with van der Waals surface area (Å²) in [6.07, 6.45) is 3.00. The molecule has 1 aromatic heterocycles. The van der Waals surface area contributed by atoms with Crippen LogP contribution >= 0.6 is 0 Å². The molecule has 2 amide bonds. The first-order valence-corrected chi connectivity index (χ1v) is 9.33. The van der Waals surface area contributed by atoms with Gasteiger partial charge in [0.2, 0.25) is 0 Å². The molecule has 3 rings (SSSR count). The quantitative estimate of drug-likeness (QED) is 0.689. The van der Waals surface area contributed by atoms with E-state index in [4.69, 9.17) is 4.42 Å². The van der Waals surface area contributed by atoms with Gasteiger partial charge in [-0.05, 0) is 42.7 Å². The van der Waals surface area contributed by atoms with Gasteiger partial charge in [-0.25, -0.2) is 4.79 Å². The second kappa shape index (κ2) is 9.43. The number of hydrogen-bond donors (Lipinski definition) is 3. The highest BCUT2D eigenvalue weighted by Crippen LogP contribution is 2.17. The van der Waals surface area contributed by atoms with Crippen molar-refractivity contribution < 1.29 is 19.4 Å². The first-order valence-electron chi connectivity index (χ1n) is 9.33. The van der Waals surface area contributed by atoms with Crippen LogP contribution < -0.4 is 5.32 Å². The molecule has 0 radical (unpaired) electrons. The smallest absolute Gasteiger partial charge is 0.317 e. The van der Waals surface area contributed by atoms with Gasteiger partial charge in [0.05, 0.1) is 12.8 Å². The van der Waals surface area contributed by atoms with Crippen molar-refractivity contribution in [1.29, 1.82) is 0 Å². The lowest BCUT2D eigenvalue weighted by Crippen LogP contribution is -2.56. The van der Waals surface area contributed by atoms with E-state index in [-0.39, 0.29) is 24.4 Å². The van der Waals surface area contributed by atoms with Gasteiger partial charge in [-0.1, -0.05) is 12.1 Å². The fourth-order valence-electron chi connectivity index (χ4n) is 3.40. The first-order chi connectivity index (χ1) is 13.2. The minimum absolute atomic E-state index is 0.0747. The van der Waals surface area contributed by atoms with Crippen molar-refractivity contribution in [2.75, 3.05) is 32.8 Å². The summed E-state index contributed by atoms with van der Waals surface area (Å²) in [5, 5.41) is 21.7. The summed E-state index contributed by atoms with van der Waals surface area (Å²) < 4.78 is 5.43. The van der Waals surface area contributed by atoms with E-state index in [1.165, 1.54) is 0 Å². The van der Waals surface area contributed by atoms with E-state index in [0.717, 1.165) is 17.9 Å². The lowest BCUT2D eigenvalue weighted by molar-refractivity contribution is 0.0636. The summed E-state index contributed by atoms with van der Waals surface area (Å²) in [7, 11) is 0. The van der Waals surface area contributed by atoms with Gasteiger partial charge in [-0.3, -0.25) is 4.90 Å². The molecule has 0 spiro atoms. The highest BCUT2D eigenvalue weighted by atomic mass is 16.3. The Morgan fingerprint density at radius 1 is 1.22 bits per heavy atom. The number of piperazine rings is 1. The van der Waals surface area contributed by atoms with Gasteiger partial charge in [0, 0.05) is 38.8 Å². The average Bonchev–Trinajstić information content (AvgIpc) is 3.18. The third-order valence-electron chi connectivity index (χ3n) is 4.92. The highest BCUT2D eigenvalue weighted by molar-refractivity contribution is 5.74. The molecule has 2 heterocycles. The Kier molecular flexibility index (Phi) is 6.73. The number of aliphatic hydroxyl groups is 1. The van der Waals surface area contributed by atoms with Crippen molar-refractivity contribution in [2.45, 2.75) is 25.4 Å². The van der Waals surface area contributed by atoms with Crippen LogP contribution in [-0.4, -0.2) is 64.9 Å². The Hall–Kier alpha value is -2.51. The Morgan fingerprint density at radius 2 is 2.04 bits per heavy atom. The molecule has 7 heteroatoms. The van der Waals surface area contributed by atoms with Gasteiger partial charge in [0.15, 0.2) is 0 Å². The molecule has 1 aliphatic rings. The van der Waals surface area contributed by atoms with Gasteiger partial charge in [-0.2, -0.15) is 0 Å². The maximum absolute atomic E-state index is 12.5. The minimum Gasteiger partial charge on any atom is -0.508 e. The molecule has 0 bridgehead atoms. The van der Waals surface area contributed by atoms with E-state index < -0.39 is 0 Å². The fraction of sp³-hybridized carbons (Fsp3) is 0.450. The number of benzene rings is 1. The summed E-state index contributed by atoms with van der Waals surface area (Å²) in [5.74, 6) is 1.13. The first kappa shape index (κ1) is 19.3. The lowest BCUT2D eigenvalue weighted by Gasteiger charge is -2.41. The number of amides is 2. The summed E-state index contributed by atoms with van der Waals surface area (Å²) >= 11 is 0. The van der Waals surface area contributed by atoms with Crippen LogP contribution in [0, 0.1) is 0 Å². The van der Waals surface area contributed by atoms with Gasteiger partial charge in [-0.15, -0.1) is 0 Å². The van der Waals surface area contributed by atoms with Crippen LogP contribution in [-0.2, 0) is 13.0 Å². The Bertz CT molecular complexity index is 703. The van der Waals surface area contributed by atoms with Crippen molar-refractivity contribution in [3.8, 4) is 5.75 Å². The molecule has 27 heavy (non-hydrogen) atoms. The van der Waals surface area contributed by atoms with E-state index in [0.29, 0.717) is 39.0 Å². The van der Waals surface area contributed by atoms with Gasteiger partial charge in [0.25, 0.3) is 0 Å². The predicted molar refractivity (Wildman–Crippen MR) is 101 cm³/mol. The van der Waals surface area contributed by atoms with Crippen molar-refractivity contribution in [3.63, 3.8) is 0 Å². The molecule has 7 nitrogen and oxygen atoms in total. The van der Waals surface area contributed by atoms with E-state index >= 15 is 0 Å². The number of nitrogens with one attached hydrogen (secondary N) is 1. The monoisotopic (exact) mass is 373 g/mol. The Morgan fingerprint density at radius 3 is 2.74 bits per heavy atom. The number of urea groups is 1. The second-order valence-electron chi connectivity index (χ2n) is 6.81. The van der Waals surface area contributed by atoms with Crippen LogP contribution in [0.5, 0.6) is 5.75 Å². The van der Waals surface area contributed by atoms with Gasteiger partial charge in [0.1, 0.15) is 11.5 Å². The van der Waals surface area contributed by atoms with Crippen LogP contribution in [0.3, 0.4) is 0 Å². The van der Waals surface area contributed by atoms with Gasteiger partial charge >= 0.3 is 6.03 Å². The molecule has 1 atom stereocenters. The zero-order chi connectivity index (χ0) is 19.1. The highest BCUT2D eigenvalue weighted by Gasteiger charge is 2.29. The van der Waals surface area contributed by atoms with Crippen molar-refractivity contribution in [2.24, 2.45) is 0 Å². The van der Waals surface area contributed by atoms with E-state index in [1.54, 1.807) is 18.4 Å². The van der Waals surface area contributed by atoms with Crippen LogP contribution in [0.15, 0.2) is 47.1 Å². The lowest BCUT2D eigenvalue weighted by atomic mass is 10.1. The zero-order valence-electron chi connectivity index (χ0n) is 15.4. The van der Waals surface area contributed by atoms with E-state index in [9.17, 15) is 15.0 Å². The largest absolute Gasteiger partial charge is 0.508 e. The Labute approximate surface area is 159 Å².